The zero-order chi connectivity index (χ0) is 27.0. The number of fused-ring (bicyclic) bond motifs is 6. The molecule has 0 radical (unpaired) electrons. The van der Waals surface area contributed by atoms with E-state index in [1.807, 2.05) is 6.92 Å². The summed E-state index contributed by atoms with van der Waals surface area (Å²) in [6, 6.07) is 4.21. The van der Waals surface area contributed by atoms with Crippen LogP contribution in [0.3, 0.4) is 0 Å². The first-order valence-electron chi connectivity index (χ1n) is 14.3. The summed E-state index contributed by atoms with van der Waals surface area (Å²) in [6.45, 7) is 4.53. The van der Waals surface area contributed by atoms with Gasteiger partial charge in [0, 0.05) is 19.0 Å². The molecule has 8 atom stereocenters. The third kappa shape index (κ3) is 4.47. The number of carbonyl (C=O) groups is 1. The molecular formula is C29H40F3N3O3. The lowest BCUT2D eigenvalue weighted by Crippen LogP contribution is -2.52. The molecular weight excluding hydrogens is 495 g/mol. The lowest BCUT2D eigenvalue weighted by Gasteiger charge is -2.56. The van der Waals surface area contributed by atoms with E-state index >= 15 is 0 Å². The summed E-state index contributed by atoms with van der Waals surface area (Å²) in [6.07, 6.45) is 4.93. The van der Waals surface area contributed by atoms with Crippen molar-refractivity contribution in [2.75, 3.05) is 23.6 Å². The van der Waals surface area contributed by atoms with Gasteiger partial charge in [0.25, 0.3) is 0 Å². The molecule has 1 heterocycles. The predicted molar refractivity (Wildman–Crippen MR) is 138 cm³/mol. The first kappa shape index (κ1) is 26.2. The molecule has 9 heteroatoms. The number of hydrazine groups is 2. The summed E-state index contributed by atoms with van der Waals surface area (Å²) in [7, 11) is 1.72. The molecule has 0 spiro atoms. The van der Waals surface area contributed by atoms with E-state index in [-0.39, 0.29) is 29.4 Å². The predicted octanol–water partition coefficient (Wildman–Crippen LogP) is 5.85. The fourth-order valence-corrected chi connectivity index (χ4v) is 9.48. The number of nitrogens with one attached hydrogen (secondary N) is 1. The Morgan fingerprint density at radius 1 is 1.05 bits per heavy atom. The van der Waals surface area contributed by atoms with E-state index in [0.717, 1.165) is 50.4 Å². The van der Waals surface area contributed by atoms with Gasteiger partial charge >= 0.3 is 6.36 Å². The molecule has 0 saturated heterocycles. The SMILES string of the molecule is CN1NN(CC(=O)[C@@H]2CC[C@H]3[C@@H]4CCC5C[C@](C)(O)CCC5[C@H]4CCC23C)c2ccc(OC(F)(F)F)cc21. The van der Waals surface area contributed by atoms with Gasteiger partial charge in [0.1, 0.15) is 5.75 Å². The minimum atomic E-state index is -4.75. The maximum absolute atomic E-state index is 13.8. The fraction of sp³-hybridized carbons (Fsp3) is 0.759. The average molecular weight is 536 g/mol. The number of alkyl halides is 3. The molecule has 0 aromatic heterocycles. The zero-order valence-electron chi connectivity index (χ0n) is 22.6. The molecule has 210 valence electrons. The summed E-state index contributed by atoms with van der Waals surface area (Å²) in [4.78, 5) is 13.8. The third-order valence-corrected chi connectivity index (χ3v) is 11.0. The smallest absolute Gasteiger partial charge is 0.406 e. The minimum absolute atomic E-state index is 0.00209. The van der Waals surface area contributed by atoms with Gasteiger partial charge in [-0.3, -0.25) is 14.8 Å². The standard InChI is InChI=1S/C29H40F3N3O3/c1-27(37)12-10-19-17(15-27)4-6-21-20(19)11-13-28(2)22(21)7-8-23(28)26(36)16-35-24-9-5-18(38-29(30,31)32)14-25(24)34(3)33-35/h5,9,14,17,19-23,33,37H,4,6-8,10-13,15-16H2,1-3H3/t17?,19?,20-,21-,22+,23+,27-,28?/m1/s1. The Morgan fingerprint density at radius 3 is 2.58 bits per heavy atom. The molecule has 3 unspecified atom stereocenters. The number of carbonyl (C=O) groups excluding carboxylic acids is 1. The zero-order valence-corrected chi connectivity index (χ0v) is 22.6. The van der Waals surface area contributed by atoms with Crippen LogP contribution in [0, 0.1) is 40.9 Å². The van der Waals surface area contributed by atoms with Gasteiger partial charge in [-0.2, -0.15) is 0 Å². The van der Waals surface area contributed by atoms with E-state index in [1.165, 1.54) is 31.4 Å². The van der Waals surface area contributed by atoms with Gasteiger partial charge in [-0.25, -0.2) is 0 Å². The highest BCUT2D eigenvalue weighted by Gasteiger charge is 2.59. The van der Waals surface area contributed by atoms with Crippen LogP contribution in [-0.4, -0.2) is 36.4 Å². The number of anilines is 2. The number of benzene rings is 1. The van der Waals surface area contributed by atoms with E-state index in [4.69, 9.17) is 0 Å². The first-order chi connectivity index (χ1) is 17.8. The summed E-state index contributed by atoms with van der Waals surface area (Å²) in [5.41, 5.74) is 3.83. The van der Waals surface area contributed by atoms with E-state index in [0.29, 0.717) is 29.1 Å². The molecule has 6 rings (SSSR count). The highest BCUT2D eigenvalue weighted by atomic mass is 19.4. The van der Waals surface area contributed by atoms with Crippen molar-refractivity contribution in [3.63, 3.8) is 0 Å². The Labute approximate surface area is 222 Å². The lowest BCUT2D eigenvalue weighted by molar-refractivity contribution is -0.274. The Kier molecular flexibility index (Phi) is 6.22. The molecule has 1 aromatic carbocycles. The van der Waals surface area contributed by atoms with Crippen molar-refractivity contribution >= 4 is 17.2 Å². The quantitative estimate of drug-likeness (QED) is 0.504. The highest BCUT2D eigenvalue weighted by Crippen LogP contribution is 2.64. The van der Waals surface area contributed by atoms with Crippen LogP contribution < -0.4 is 20.3 Å². The Balaban J connectivity index is 1.14. The van der Waals surface area contributed by atoms with Crippen LogP contribution in [-0.2, 0) is 4.79 Å². The number of nitrogens with zero attached hydrogens (tertiary/aromatic N) is 2. The van der Waals surface area contributed by atoms with Crippen molar-refractivity contribution in [1.29, 1.82) is 0 Å². The van der Waals surface area contributed by atoms with Crippen molar-refractivity contribution in [1.82, 2.24) is 5.53 Å². The topological polar surface area (TPSA) is 65.0 Å². The molecule has 1 aliphatic heterocycles. The van der Waals surface area contributed by atoms with Crippen molar-refractivity contribution in [3.8, 4) is 5.75 Å². The van der Waals surface area contributed by atoms with Crippen molar-refractivity contribution < 1.29 is 27.8 Å². The Hall–Kier alpha value is -2.00. The third-order valence-electron chi connectivity index (χ3n) is 11.0. The molecule has 4 fully saturated rings. The second kappa shape index (κ2) is 9.01. The maximum Gasteiger partial charge on any atom is 0.573 e. The van der Waals surface area contributed by atoms with Gasteiger partial charge in [-0.05, 0) is 112 Å². The second-order valence-corrected chi connectivity index (χ2v) is 13.3. The van der Waals surface area contributed by atoms with Crippen LogP contribution in [0.25, 0.3) is 0 Å². The largest absolute Gasteiger partial charge is 0.573 e. The summed E-state index contributed by atoms with van der Waals surface area (Å²) < 4.78 is 42.1. The first-order valence-corrected chi connectivity index (χ1v) is 14.3. The second-order valence-electron chi connectivity index (χ2n) is 13.3. The van der Waals surface area contributed by atoms with Gasteiger partial charge in [0.05, 0.1) is 23.5 Å². The van der Waals surface area contributed by atoms with E-state index < -0.39 is 12.0 Å². The summed E-state index contributed by atoms with van der Waals surface area (Å²) >= 11 is 0. The number of Topliss-reactive ketones (excluding diaryl/α,β-unsaturated/α-hetero) is 1. The summed E-state index contributed by atoms with van der Waals surface area (Å²) in [5, 5.41) is 14.0. The Bertz CT molecular complexity index is 1090. The van der Waals surface area contributed by atoms with Gasteiger partial charge in [-0.15, -0.1) is 18.7 Å². The van der Waals surface area contributed by atoms with E-state index in [1.54, 1.807) is 23.1 Å². The number of halogens is 3. The van der Waals surface area contributed by atoms with Crippen LogP contribution in [0.2, 0.25) is 0 Å². The van der Waals surface area contributed by atoms with Gasteiger partial charge in [-0.1, -0.05) is 6.92 Å². The molecule has 38 heavy (non-hydrogen) atoms. The molecule has 4 saturated carbocycles. The van der Waals surface area contributed by atoms with Crippen LogP contribution in [0.1, 0.15) is 71.6 Å². The average Bonchev–Trinajstić information content (AvgIpc) is 3.33. The molecule has 1 aromatic rings. The number of hydrogen-bond acceptors (Lipinski definition) is 6. The molecule has 5 aliphatic rings. The number of ketones is 1. The molecule has 2 N–H and O–H groups in total. The minimum Gasteiger partial charge on any atom is -0.406 e. The molecule has 6 nitrogen and oxygen atoms in total. The molecule has 0 amide bonds. The van der Waals surface area contributed by atoms with Crippen molar-refractivity contribution in [2.45, 2.75) is 83.6 Å². The molecule has 0 bridgehead atoms. The number of hydrogen-bond donors (Lipinski definition) is 2. The van der Waals surface area contributed by atoms with Crippen molar-refractivity contribution in [2.24, 2.45) is 40.9 Å². The van der Waals surface area contributed by atoms with E-state index in [2.05, 4.69) is 17.2 Å². The van der Waals surface area contributed by atoms with Crippen LogP contribution in [0.5, 0.6) is 5.75 Å². The maximum atomic E-state index is 13.8. The number of ether oxygens (including phenoxy) is 1. The van der Waals surface area contributed by atoms with Crippen molar-refractivity contribution in [3.05, 3.63) is 18.2 Å². The Morgan fingerprint density at radius 2 is 1.82 bits per heavy atom. The van der Waals surface area contributed by atoms with Gasteiger partial charge < -0.3 is 9.84 Å². The summed E-state index contributed by atoms with van der Waals surface area (Å²) in [5.74, 6) is 3.27. The fourth-order valence-electron chi connectivity index (χ4n) is 9.48. The lowest BCUT2D eigenvalue weighted by atomic mass is 9.49. The van der Waals surface area contributed by atoms with Gasteiger partial charge in [0.2, 0.25) is 0 Å². The monoisotopic (exact) mass is 535 g/mol. The highest BCUT2D eigenvalue weighted by molar-refractivity contribution is 5.89. The number of aliphatic hydroxyl groups is 1. The van der Waals surface area contributed by atoms with Crippen LogP contribution in [0.4, 0.5) is 24.5 Å². The number of rotatable bonds is 4. The molecule has 4 aliphatic carbocycles. The van der Waals surface area contributed by atoms with Crippen LogP contribution >= 0.6 is 0 Å². The van der Waals surface area contributed by atoms with E-state index in [9.17, 15) is 23.1 Å². The van der Waals surface area contributed by atoms with Crippen LogP contribution in [0.15, 0.2) is 18.2 Å². The van der Waals surface area contributed by atoms with Gasteiger partial charge in [0.15, 0.2) is 5.78 Å². The normalized spacial score (nSPS) is 40.3.